The van der Waals surface area contributed by atoms with E-state index in [1.807, 2.05) is 83.1 Å². The fourth-order valence-electron chi connectivity index (χ4n) is 6.11. The van der Waals surface area contributed by atoms with Gasteiger partial charge < -0.3 is 26.2 Å². The molecule has 0 spiro atoms. The van der Waals surface area contributed by atoms with Gasteiger partial charge in [-0.1, -0.05) is 120 Å². The molecular formula is C41H56N4O6. The van der Waals surface area contributed by atoms with Gasteiger partial charge in [-0.15, -0.1) is 0 Å². The van der Waals surface area contributed by atoms with Gasteiger partial charge in [0.15, 0.2) is 5.54 Å². The zero-order valence-electron chi connectivity index (χ0n) is 31.1. The number of aliphatic hydroxyl groups excluding tert-OH is 1. The number of fused-ring (bicyclic) bond motifs is 1. The molecule has 0 fully saturated rings. The van der Waals surface area contributed by atoms with Crippen LogP contribution in [-0.4, -0.2) is 58.6 Å². The van der Waals surface area contributed by atoms with Gasteiger partial charge in [0.2, 0.25) is 11.8 Å². The molecule has 4 atom stereocenters. The molecule has 0 unspecified atom stereocenters. The van der Waals surface area contributed by atoms with Crippen LogP contribution in [0.4, 0.5) is 4.79 Å². The van der Waals surface area contributed by atoms with Crippen LogP contribution in [0.3, 0.4) is 0 Å². The number of hydrogen-bond acceptors (Lipinski definition) is 7. The molecule has 0 aliphatic heterocycles. The summed E-state index contributed by atoms with van der Waals surface area (Å²) >= 11 is 0. The monoisotopic (exact) mass is 700 g/mol. The summed E-state index contributed by atoms with van der Waals surface area (Å²) in [6, 6.07) is 19.9. The Balaban J connectivity index is 2.25. The number of aliphatic hydroxyl groups is 1. The predicted octanol–water partition coefficient (Wildman–Crippen LogP) is 6.35. The van der Waals surface area contributed by atoms with Crippen molar-refractivity contribution in [2.45, 2.75) is 104 Å². The van der Waals surface area contributed by atoms with E-state index in [1.54, 1.807) is 31.2 Å². The molecule has 276 valence electrons. The van der Waals surface area contributed by atoms with Crippen LogP contribution in [-0.2, 0) is 31.3 Å². The van der Waals surface area contributed by atoms with Crippen LogP contribution in [0, 0.1) is 11.8 Å². The van der Waals surface area contributed by atoms with Crippen LogP contribution in [0.1, 0.15) is 85.3 Å². The molecule has 3 aromatic rings. The molecular weight excluding hydrogens is 644 g/mol. The topological polar surface area (TPSA) is 151 Å². The first-order valence-corrected chi connectivity index (χ1v) is 18.0. The Morgan fingerprint density at radius 1 is 0.922 bits per heavy atom. The summed E-state index contributed by atoms with van der Waals surface area (Å²) < 4.78 is 5.79. The normalized spacial score (nSPS) is 14.8. The second-order valence-electron chi connectivity index (χ2n) is 14.1. The predicted molar refractivity (Wildman–Crippen MR) is 201 cm³/mol. The number of unbranched alkanes of at least 4 members (excludes halogenated alkanes) is 1. The number of carbonyl (C=O) groups is 4. The molecule has 4 amide bonds. The van der Waals surface area contributed by atoms with E-state index < -0.39 is 41.6 Å². The van der Waals surface area contributed by atoms with Crippen molar-refractivity contribution in [3.05, 3.63) is 95.6 Å². The minimum atomic E-state index is -1.93. The highest BCUT2D eigenvalue weighted by atomic mass is 16.6. The fourth-order valence-corrected chi connectivity index (χ4v) is 6.11. The lowest BCUT2D eigenvalue weighted by molar-refractivity contribution is -0.148. The van der Waals surface area contributed by atoms with E-state index in [-0.39, 0.29) is 30.8 Å². The third-order valence-corrected chi connectivity index (χ3v) is 8.79. The molecule has 3 rings (SSSR count). The molecule has 51 heavy (non-hydrogen) atoms. The summed E-state index contributed by atoms with van der Waals surface area (Å²) in [5.74, 6) is -1.51. The van der Waals surface area contributed by atoms with E-state index in [0.717, 1.165) is 10.3 Å². The summed E-state index contributed by atoms with van der Waals surface area (Å²) in [6.45, 7) is 13.3. The smallest absolute Gasteiger partial charge is 0.418 e. The summed E-state index contributed by atoms with van der Waals surface area (Å²) in [7, 11) is 0. The molecule has 0 aliphatic carbocycles. The van der Waals surface area contributed by atoms with Crippen LogP contribution in [0.2, 0.25) is 0 Å². The number of nitrogens with two attached hydrogens (primary N) is 1. The van der Waals surface area contributed by atoms with Crippen molar-refractivity contribution in [1.82, 2.24) is 15.5 Å². The van der Waals surface area contributed by atoms with Gasteiger partial charge in [-0.3, -0.25) is 14.4 Å². The minimum absolute atomic E-state index is 0.0219. The van der Waals surface area contributed by atoms with Crippen molar-refractivity contribution in [3.63, 3.8) is 0 Å². The van der Waals surface area contributed by atoms with Gasteiger partial charge in [-0.25, -0.2) is 9.69 Å². The van der Waals surface area contributed by atoms with Crippen LogP contribution >= 0.6 is 0 Å². The highest BCUT2D eigenvalue weighted by Gasteiger charge is 2.53. The largest absolute Gasteiger partial charge is 0.444 e. The van der Waals surface area contributed by atoms with Gasteiger partial charge in [0, 0.05) is 12.1 Å². The molecule has 10 heteroatoms. The molecule has 5 N–H and O–H groups in total. The first-order valence-electron chi connectivity index (χ1n) is 18.0. The molecule has 0 heterocycles. The SMILES string of the molecule is CCCC[C@](C(=O)N[C@@H](CC(C)C)[C@@H](O)C=C(C)C(=O)NCC(C)C)(c1cccc2ccccc12)N(C(=O)OCc1ccccc1)C(=O)[C@H](C)N. The van der Waals surface area contributed by atoms with Crippen LogP contribution < -0.4 is 16.4 Å². The first kappa shape index (κ1) is 40.9. The number of nitrogens with one attached hydrogen (secondary N) is 2. The van der Waals surface area contributed by atoms with Crippen molar-refractivity contribution >= 4 is 34.6 Å². The van der Waals surface area contributed by atoms with Crippen molar-refractivity contribution in [2.24, 2.45) is 17.6 Å². The van der Waals surface area contributed by atoms with E-state index in [4.69, 9.17) is 10.5 Å². The third-order valence-electron chi connectivity index (χ3n) is 8.79. The van der Waals surface area contributed by atoms with Gasteiger partial charge in [0.05, 0.1) is 18.2 Å². The van der Waals surface area contributed by atoms with Crippen LogP contribution in [0.15, 0.2) is 84.4 Å². The second-order valence-corrected chi connectivity index (χ2v) is 14.1. The molecule has 0 aromatic heterocycles. The van der Waals surface area contributed by atoms with Crippen molar-refractivity contribution < 1.29 is 29.0 Å². The second kappa shape index (κ2) is 19.2. The third kappa shape index (κ3) is 10.7. The number of rotatable bonds is 17. The zero-order valence-corrected chi connectivity index (χ0v) is 31.1. The Bertz CT molecular complexity index is 1650. The van der Waals surface area contributed by atoms with Gasteiger partial charge >= 0.3 is 6.09 Å². The minimum Gasteiger partial charge on any atom is -0.444 e. The van der Waals surface area contributed by atoms with E-state index in [2.05, 4.69) is 10.6 Å². The van der Waals surface area contributed by atoms with Crippen molar-refractivity contribution in [2.75, 3.05) is 6.54 Å². The van der Waals surface area contributed by atoms with Crippen LogP contribution in [0.25, 0.3) is 10.8 Å². The Hall–Kier alpha value is -4.54. The fraction of sp³-hybridized carbons (Fsp3) is 0.463. The lowest BCUT2D eigenvalue weighted by Gasteiger charge is -2.43. The van der Waals surface area contributed by atoms with E-state index >= 15 is 4.79 Å². The first-order chi connectivity index (χ1) is 24.2. The van der Waals surface area contributed by atoms with Gasteiger partial charge in [-0.05, 0) is 66.5 Å². The zero-order chi connectivity index (χ0) is 37.7. The average molecular weight is 701 g/mol. The van der Waals surface area contributed by atoms with Crippen LogP contribution in [0.5, 0.6) is 0 Å². The molecule has 0 bridgehead atoms. The Labute approximate surface area is 302 Å². The van der Waals surface area contributed by atoms with E-state index in [1.165, 1.54) is 13.0 Å². The number of carbonyl (C=O) groups excluding carboxylic acids is 4. The van der Waals surface area contributed by atoms with Gasteiger partial charge in [0.25, 0.3) is 5.91 Å². The summed E-state index contributed by atoms with van der Waals surface area (Å²) in [5, 5.41) is 19.0. The maximum atomic E-state index is 15.3. The standard InChI is InChI=1S/C41H56N4O6/c1-8-9-22-41(34-21-15-19-32-18-13-14-20-33(32)34,45(38(48)30(7)42)40(50)51-26-31-16-11-10-12-17-31)39(49)44-35(23-27(2)3)36(46)24-29(6)37(47)43-25-28(4)5/h10-21,24,27-28,30,35-36,46H,8-9,22-23,25-26,42H2,1-7H3,(H,43,47)(H,44,49)/t30-,35-,36-,41+/m0/s1. The number of imide groups is 1. The van der Waals surface area contributed by atoms with Crippen molar-refractivity contribution in [3.8, 4) is 0 Å². The molecule has 10 nitrogen and oxygen atoms in total. The summed E-state index contributed by atoms with van der Waals surface area (Å²) in [4.78, 5) is 57.6. The van der Waals surface area contributed by atoms with Crippen molar-refractivity contribution in [1.29, 1.82) is 0 Å². The average Bonchev–Trinajstić information content (AvgIpc) is 3.10. The maximum Gasteiger partial charge on any atom is 0.418 e. The molecule has 0 radical (unpaired) electrons. The molecule has 3 aromatic carbocycles. The number of amides is 4. The molecule has 0 saturated heterocycles. The molecule has 0 saturated carbocycles. The Morgan fingerprint density at radius 3 is 2.20 bits per heavy atom. The lowest BCUT2D eigenvalue weighted by atomic mass is 9.79. The van der Waals surface area contributed by atoms with E-state index in [9.17, 15) is 19.5 Å². The summed E-state index contributed by atoms with van der Waals surface area (Å²) in [6.07, 6.45) is 0.650. The van der Waals surface area contributed by atoms with E-state index in [0.29, 0.717) is 47.9 Å². The number of nitrogens with zero attached hydrogens (tertiary/aromatic N) is 1. The van der Waals surface area contributed by atoms with Gasteiger partial charge in [0.1, 0.15) is 6.61 Å². The quantitative estimate of drug-likeness (QED) is 0.120. The number of ether oxygens (including phenoxy) is 1. The molecule has 0 aliphatic rings. The Kier molecular flexibility index (Phi) is 15.4. The highest BCUT2D eigenvalue weighted by molar-refractivity contribution is 6.05. The highest BCUT2D eigenvalue weighted by Crippen LogP contribution is 2.40. The lowest BCUT2D eigenvalue weighted by Crippen LogP contribution is -2.64. The van der Waals surface area contributed by atoms with Gasteiger partial charge in [-0.2, -0.15) is 0 Å². The maximum absolute atomic E-state index is 15.3. The number of benzene rings is 3. The number of hydrogen-bond donors (Lipinski definition) is 4. The summed E-state index contributed by atoms with van der Waals surface area (Å²) in [5.41, 5.74) is 5.72. The Morgan fingerprint density at radius 2 is 1.57 bits per heavy atom.